The summed E-state index contributed by atoms with van der Waals surface area (Å²) >= 11 is 0. The molecule has 2 saturated heterocycles. The zero-order valence-electron chi connectivity index (χ0n) is 17.8. The zero-order chi connectivity index (χ0) is 22.5. The van der Waals surface area contributed by atoms with Gasteiger partial charge in [0.15, 0.2) is 5.69 Å². The SMILES string of the molecule is CC(=O)Nc1ccc(S(=O)(=O)N2[C@@H]3CC[C@H]2C[C@H](NC(=O)c2cc(C4CC4)on2)C3)cc1. The number of hydrogen-bond donors (Lipinski definition) is 2. The number of nitrogens with one attached hydrogen (secondary N) is 2. The van der Waals surface area contributed by atoms with Crippen LogP contribution in [-0.4, -0.2) is 47.8 Å². The highest BCUT2D eigenvalue weighted by atomic mass is 32.2. The first-order valence-electron chi connectivity index (χ1n) is 11.0. The van der Waals surface area contributed by atoms with Crippen LogP contribution in [0, 0.1) is 0 Å². The number of anilines is 1. The molecule has 1 saturated carbocycles. The van der Waals surface area contributed by atoms with Gasteiger partial charge in [0.2, 0.25) is 15.9 Å². The molecule has 170 valence electrons. The van der Waals surface area contributed by atoms with E-state index < -0.39 is 10.0 Å². The Labute approximate surface area is 186 Å². The summed E-state index contributed by atoms with van der Waals surface area (Å²) in [5.74, 6) is 0.674. The van der Waals surface area contributed by atoms with Crippen LogP contribution in [0.2, 0.25) is 0 Å². The van der Waals surface area contributed by atoms with Gasteiger partial charge < -0.3 is 15.2 Å². The lowest BCUT2D eigenvalue weighted by Gasteiger charge is -2.38. The predicted octanol–water partition coefficient (Wildman–Crippen LogP) is 2.62. The lowest BCUT2D eigenvalue weighted by atomic mass is 9.99. The van der Waals surface area contributed by atoms with Gasteiger partial charge in [0.05, 0.1) is 4.90 Å². The minimum Gasteiger partial charge on any atom is -0.360 e. The smallest absolute Gasteiger partial charge is 0.273 e. The van der Waals surface area contributed by atoms with Gasteiger partial charge in [0.25, 0.3) is 5.91 Å². The van der Waals surface area contributed by atoms with Crippen LogP contribution < -0.4 is 10.6 Å². The summed E-state index contributed by atoms with van der Waals surface area (Å²) in [5, 5.41) is 9.56. The number of rotatable bonds is 6. The lowest BCUT2D eigenvalue weighted by molar-refractivity contribution is -0.114. The number of aromatic nitrogens is 1. The molecule has 2 amide bonds. The monoisotopic (exact) mass is 458 g/mol. The van der Waals surface area contributed by atoms with Gasteiger partial charge >= 0.3 is 0 Å². The average molecular weight is 459 g/mol. The number of piperidine rings is 1. The molecular weight excluding hydrogens is 432 g/mol. The van der Waals surface area contributed by atoms with E-state index in [1.54, 1.807) is 22.5 Å². The topological polar surface area (TPSA) is 122 Å². The second-order valence-electron chi connectivity index (χ2n) is 8.96. The van der Waals surface area contributed by atoms with E-state index in [1.165, 1.54) is 19.1 Å². The van der Waals surface area contributed by atoms with E-state index >= 15 is 0 Å². The fourth-order valence-electron chi connectivity index (χ4n) is 4.90. The predicted molar refractivity (Wildman–Crippen MR) is 116 cm³/mol. The van der Waals surface area contributed by atoms with Crippen molar-refractivity contribution in [3.63, 3.8) is 0 Å². The number of nitrogens with zero attached hydrogens (tertiary/aromatic N) is 2. The van der Waals surface area contributed by atoms with Gasteiger partial charge in [0.1, 0.15) is 5.76 Å². The Morgan fingerprint density at radius 1 is 1.06 bits per heavy atom. The van der Waals surface area contributed by atoms with Gasteiger partial charge in [-0.2, -0.15) is 4.31 Å². The molecule has 1 aromatic carbocycles. The molecule has 32 heavy (non-hydrogen) atoms. The van der Waals surface area contributed by atoms with Crippen molar-refractivity contribution in [1.29, 1.82) is 0 Å². The molecule has 2 bridgehead atoms. The van der Waals surface area contributed by atoms with Crippen LogP contribution >= 0.6 is 0 Å². The Hall–Kier alpha value is -2.72. The van der Waals surface area contributed by atoms with Crippen LogP contribution in [0.4, 0.5) is 5.69 Å². The van der Waals surface area contributed by atoms with Crippen molar-refractivity contribution < 1.29 is 22.5 Å². The van der Waals surface area contributed by atoms with Crippen LogP contribution in [0.1, 0.15) is 67.6 Å². The molecule has 2 aromatic rings. The van der Waals surface area contributed by atoms with Gasteiger partial charge in [-0.25, -0.2) is 8.42 Å². The van der Waals surface area contributed by atoms with Crippen molar-refractivity contribution in [1.82, 2.24) is 14.8 Å². The number of fused-ring (bicyclic) bond motifs is 2. The number of amides is 2. The summed E-state index contributed by atoms with van der Waals surface area (Å²) in [6.45, 7) is 1.40. The van der Waals surface area contributed by atoms with Crippen LogP contribution in [0.15, 0.2) is 39.8 Å². The van der Waals surface area contributed by atoms with E-state index in [-0.39, 0.29) is 40.5 Å². The maximum Gasteiger partial charge on any atom is 0.273 e. The molecule has 3 heterocycles. The summed E-state index contributed by atoms with van der Waals surface area (Å²) < 4.78 is 33.6. The van der Waals surface area contributed by atoms with E-state index in [1.807, 2.05) is 0 Å². The van der Waals surface area contributed by atoms with Crippen molar-refractivity contribution in [2.45, 2.75) is 74.4 Å². The third kappa shape index (κ3) is 4.04. The molecule has 3 fully saturated rings. The fraction of sp³-hybridized carbons (Fsp3) is 0.500. The molecule has 3 aliphatic rings. The molecular formula is C22H26N4O5S. The molecule has 1 aromatic heterocycles. The van der Waals surface area contributed by atoms with Gasteiger partial charge in [-0.05, 0) is 62.8 Å². The normalized spacial score (nSPS) is 25.5. The standard InChI is InChI=1S/C22H26N4O5S/c1-13(27)23-15-4-8-19(9-5-15)32(29,30)26-17-6-7-18(26)11-16(10-17)24-22(28)20-12-21(31-25-20)14-2-3-14/h4-5,8-9,12,14,16-18H,2-3,6-7,10-11H2,1H3,(H,23,27)(H,24,28)/t16-,17-,18+. The van der Waals surface area contributed by atoms with E-state index in [9.17, 15) is 18.0 Å². The zero-order valence-corrected chi connectivity index (χ0v) is 18.6. The molecule has 5 rings (SSSR count). The van der Waals surface area contributed by atoms with Gasteiger partial charge in [0, 0.05) is 42.7 Å². The molecule has 0 radical (unpaired) electrons. The molecule has 0 unspecified atom stereocenters. The van der Waals surface area contributed by atoms with Crippen molar-refractivity contribution in [3.05, 3.63) is 41.8 Å². The first-order valence-corrected chi connectivity index (χ1v) is 12.4. The molecule has 0 spiro atoms. The third-order valence-electron chi connectivity index (χ3n) is 6.49. The Kier molecular flexibility index (Phi) is 5.29. The van der Waals surface area contributed by atoms with E-state index in [2.05, 4.69) is 15.8 Å². The Bertz CT molecular complexity index is 1130. The third-order valence-corrected chi connectivity index (χ3v) is 8.51. The van der Waals surface area contributed by atoms with Crippen molar-refractivity contribution >= 4 is 27.5 Å². The Morgan fingerprint density at radius 3 is 2.31 bits per heavy atom. The average Bonchev–Trinajstić information content (AvgIpc) is 3.40. The first kappa shape index (κ1) is 21.1. The van der Waals surface area contributed by atoms with Crippen molar-refractivity contribution in [3.8, 4) is 0 Å². The molecule has 2 N–H and O–H groups in total. The van der Waals surface area contributed by atoms with Crippen molar-refractivity contribution in [2.75, 3.05) is 5.32 Å². The fourth-order valence-corrected chi connectivity index (χ4v) is 6.79. The van der Waals surface area contributed by atoms with Gasteiger partial charge in [-0.15, -0.1) is 0 Å². The summed E-state index contributed by atoms with van der Waals surface area (Å²) in [5.41, 5.74) is 0.840. The number of sulfonamides is 1. The summed E-state index contributed by atoms with van der Waals surface area (Å²) in [7, 11) is -3.67. The first-order chi connectivity index (χ1) is 15.3. The Balaban J connectivity index is 1.26. The maximum atomic E-state index is 13.3. The summed E-state index contributed by atoms with van der Waals surface area (Å²) in [4.78, 5) is 24.0. The lowest BCUT2D eigenvalue weighted by Crippen LogP contribution is -2.52. The molecule has 9 nitrogen and oxygen atoms in total. The molecule has 1 aliphatic carbocycles. The van der Waals surface area contributed by atoms with E-state index in [0.717, 1.165) is 31.4 Å². The second kappa shape index (κ2) is 8.00. The minimum atomic E-state index is -3.67. The van der Waals surface area contributed by atoms with E-state index in [4.69, 9.17) is 4.52 Å². The number of carbonyl (C=O) groups is 2. The van der Waals surface area contributed by atoms with Crippen molar-refractivity contribution in [2.24, 2.45) is 0 Å². The summed E-state index contributed by atoms with van der Waals surface area (Å²) in [6, 6.07) is 7.54. The number of carbonyl (C=O) groups excluding carboxylic acids is 2. The molecule has 2 aliphatic heterocycles. The number of hydrogen-bond acceptors (Lipinski definition) is 6. The van der Waals surface area contributed by atoms with Crippen LogP contribution in [0.5, 0.6) is 0 Å². The largest absolute Gasteiger partial charge is 0.360 e. The maximum absolute atomic E-state index is 13.3. The molecule has 3 atom stereocenters. The highest BCUT2D eigenvalue weighted by Crippen LogP contribution is 2.41. The minimum absolute atomic E-state index is 0.102. The number of benzene rings is 1. The van der Waals surface area contributed by atoms with Crippen LogP contribution in [-0.2, 0) is 14.8 Å². The van der Waals surface area contributed by atoms with Crippen LogP contribution in [0.25, 0.3) is 0 Å². The quantitative estimate of drug-likeness (QED) is 0.686. The molecule has 10 heteroatoms. The van der Waals surface area contributed by atoms with Gasteiger partial charge in [-0.1, -0.05) is 5.16 Å². The highest BCUT2D eigenvalue weighted by Gasteiger charge is 2.47. The Morgan fingerprint density at radius 2 is 1.72 bits per heavy atom. The van der Waals surface area contributed by atoms with Crippen LogP contribution in [0.3, 0.4) is 0 Å². The van der Waals surface area contributed by atoms with Gasteiger partial charge in [-0.3, -0.25) is 9.59 Å². The highest BCUT2D eigenvalue weighted by molar-refractivity contribution is 7.89. The van der Waals surface area contributed by atoms with E-state index in [0.29, 0.717) is 24.4 Å². The summed E-state index contributed by atoms with van der Waals surface area (Å²) in [6.07, 6.45) is 4.83. The second-order valence-corrected chi connectivity index (χ2v) is 10.8.